The quantitative estimate of drug-likeness (QED) is 0.753. The van der Waals surface area contributed by atoms with Gasteiger partial charge >= 0.3 is 0 Å². The summed E-state index contributed by atoms with van der Waals surface area (Å²) in [5.74, 6) is 0.453. The van der Waals surface area contributed by atoms with Crippen molar-refractivity contribution in [3.63, 3.8) is 0 Å². The molecule has 6 nitrogen and oxygen atoms in total. The maximum Gasteiger partial charge on any atom is 0.241 e. The normalized spacial score (nSPS) is 14.0. The molecule has 1 aliphatic carbocycles. The molecule has 0 bridgehead atoms. The Labute approximate surface area is 171 Å². The first-order valence-electron chi connectivity index (χ1n) is 9.28. The first-order valence-corrected chi connectivity index (χ1v) is 10.8. The third kappa shape index (κ3) is 5.79. The number of primary sulfonamides is 1. The first-order chi connectivity index (χ1) is 13.7. The first kappa shape index (κ1) is 20.8. The number of anilines is 1. The van der Waals surface area contributed by atoms with Gasteiger partial charge in [0.25, 0.3) is 0 Å². The van der Waals surface area contributed by atoms with Crippen molar-refractivity contribution in [1.82, 2.24) is 0 Å². The Kier molecular flexibility index (Phi) is 6.20. The van der Waals surface area contributed by atoms with E-state index in [4.69, 9.17) is 9.88 Å². The summed E-state index contributed by atoms with van der Waals surface area (Å²) in [5.41, 5.74) is 3.43. The minimum Gasteiger partial charge on any atom is -0.456 e. The third-order valence-electron chi connectivity index (χ3n) is 4.48. The van der Waals surface area contributed by atoms with E-state index in [1.54, 1.807) is 6.07 Å². The molecular weight excluding hydrogens is 388 g/mol. The van der Waals surface area contributed by atoms with E-state index in [0.717, 1.165) is 29.5 Å². The van der Waals surface area contributed by atoms with Gasteiger partial charge in [-0.05, 0) is 62.6 Å². The van der Waals surface area contributed by atoms with Gasteiger partial charge in [0.15, 0.2) is 0 Å². The number of nitrogens with two attached hydrogens (primary N) is 1. The number of sulfonamides is 1. The molecule has 0 spiro atoms. The van der Waals surface area contributed by atoms with Gasteiger partial charge in [-0.3, -0.25) is 4.79 Å². The number of benzene rings is 2. The zero-order valence-electron chi connectivity index (χ0n) is 16.4. The lowest BCUT2D eigenvalue weighted by molar-refractivity contribution is -0.115. The molecule has 0 aliphatic heterocycles. The molecule has 0 fully saturated rings. The van der Waals surface area contributed by atoms with Gasteiger partial charge < -0.3 is 10.1 Å². The number of ether oxygens (including phenoxy) is 1. The Hall–Kier alpha value is -2.90. The molecule has 0 heterocycles. The summed E-state index contributed by atoms with van der Waals surface area (Å²) in [6, 6.07) is 12.1. The predicted molar refractivity (Wildman–Crippen MR) is 113 cm³/mol. The summed E-state index contributed by atoms with van der Waals surface area (Å²) < 4.78 is 29.9. The van der Waals surface area contributed by atoms with Crippen LogP contribution in [0.25, 0.3) is 0 Å². The van der Waals surface area contributed by atoms with E-state index < -0.39 is 10.0 Å². The molecule has 0 saturated carbocycles. The topological polar surface area (TPSA) is 98.5 Å². The summed E-state index contributed by atoms with van der Waals surface area (Å²) in [6.45, 7) is 3.95. The van der Waals surface area contributed by atoms with Crippen molar-refractivity contribution in [2.24, 2.45) is 5.14 Å². The number of carbonyl (C=O) groups excluding carboxylic acids is 1. The van der Waals surface area contributed by atoms with Gasteiger partial charge in [0.2, 0.25) is 15.9 Å². The van der Waals surface area contributed by atoms with Gasteiger partial charge in [0, 0.05) is 5.69 Å². The van der Waals surface area contributed by atoms with Crippen LogP contribution in [-0.2, 0) is 21.2 Å². The number of aryl methyl sites for hydroxylation is 1. The Balaban J connectivity index is 1.80. The average Bonchev–Trinajstić information content (AvgIpc) is 2.62. The number of allylic oxidation sites excluding steroid dienone is 3. The van der Waals surface area contributed by atoms with Crippen molar-refractivity contribution in [3.05, 3.63) is 77.1 Å². The van der Waals surface area contributed by atoms with E-state index in [2.05, 4.69) is 5.32 Å². The van der Waals surface area contributed by atoms with Crippen molar-refractivity contribution < 1.29 is 17.9 Å². The highest BCUT2D eigenvalue weighted by atomic mass is 32.2. The molecule has 0 aromatic heterocycles. The van der Waals surface area contributed by atoms with E-state index in [-0.39, 0.29) is 23.0 Å². The summed E-state index contributed by atoms with van der Waals surface area (Å²) in [7, 11) is -4.04. The summed E-state index contributed by atoms with van der Waals surface area (Å²) in [6.07, 6.45) is 5.73. The number of hydrogen-bond acceptors (Lipinski definition) is 4. The maximum atomic E-state index is 12.4. The molecule has 0 atom stereocenters. The molecule has 3 rings (SSSR count). The van der Waals surface area contributed by atoms with Crippen molar-refractivity contribution in [3.8, 4) is 5.75 Å². The van der Waals surface area contributed by atoms with Crippen LogP contribution in [-0.4, -0.2) is 14.3 Å². The van der Waals surface area contributed by atoms with Crippen LogP contribution in [0, 0.1) is 6.92 Å². The fraction of sp³-hybridized carbons (Fsp3) is 0.227. The highest BCUT2D eigenvalue weighted by Gasteiger charge is 2.18. The SMILES string of the molecule is CC1=CC(Oc2ccc(NC(=O)Cc3cccc(C)c3)cc2S(N)(=O)=O)=CCC1. The molecule has 1 amide bonds. The number of hydrogen-bond donors (Lipinski definition) is 2. The van der Waals surface area contributed by atoms with Gasteiger partial charge in [-0.2, -0.15) is 0 Å². The Bertz CT molecular complexity index is 1100. The minimum atomic E-state index is -4.04. The lowest BCUT2D eigenvalue weighted by Gasteiger charge is -2.15. The van der Waals surface area contributed by atoms with Gasteiger partial charge in [-0.1, -0.05) is 35.4 Å². The molecule has 2 aromatic carbocycles. The lowest BCUT2D eigenvalue weighted by atomic mass is 10.1. The molecular formula is C22H24N2O4S. The predicted octanol–water partition coefficient (Wildman–Crippen LogP) is 3.83. The summed E-state index contributed by atoms with van der Waals surface area (Å²) >= 11 is 0. The highest BCUT2D eigenvalue weighted by molar-refractivity contribution is 7.89. The molecule has 2 aromatic rings. The van der Waals surface area contributed by atoms with Crippen LogP contribution in [0.15, 0.2) is 70.8 Å². The molecule has 0 saturated heterocycles. The molecule has 1 aliphatic rings. The monoisotopic (exact) mass is 412 g/mol. The molecule has 0 unspecified atom stereocenters. The minimum absolute atomic E-state index is 0.126. The largest absolute Gasteiger partial charge is 0.456 e. The second kappa shape index (κ2) is 8.63. The lowest BCUT2D eigenvalue weighted by Crippen LogP contribution is -2.17. The van der Waals surface area contributed by atoms with Crippen LogP contribution in [0.5, 0.6) is 5.75 Å². The van der Waals surface area contributed by atoms with E-state index in [1.807, 2.05) is 50.3 Å². The van der Waals surface area contributed by atoms with Gasteiger partial charge in [0.1, 0.15) is 16.4 Å². The van der Waals surface area contributed by atoms with Crippen molar-refractivity contribution in [2.45, 2.75) is 38.0 Å². The maximum absolute atomic E-state index is 12.4. The number of nitrogens with one attached hydrogen (secondary N) is 1. The van der Waals surface area contributed by atoms with Crippen LogP contribution in [0.3, 0.4) is 0 Å². The zero-order valence-corrected chi connectivity index (χ0v) is 17.3. The molecule has 7 heteroatoms. The van der Waals surface area contributed by atoms with E-state index in [9.17, 15) is 13.2 Å². The molecule has 0 radical (unpaired) electrons. The molecule has 29 heavy (non-hydrogen) atoms. The van der Waals surface area contributed by atoms with Gasteiger partial charge in [0.05, 0.1) is 6.42 Å². The van der Waals surface area contributed by atoms with Crippen LogP contribution in [0.4, 0.5) is 5.69 Å². The second-order valence-corrected chi connectivity index (χ2v) is 8.69. The van der Waals surface area contributed by atoms with Crippen LogP contribution in [0.1, 0.15) is 30.9 Å². The van der Waals surface area contributed by atoms with Crippen LogP contribution < -0.4 is 15.2 Å². The van der Waals surface area contributed by atoms with Crippen molar-refractivity contribution in [1.29, 1.82) is 0 Å². The molecule has 3 N–H and O–H groups in total. The molecule has 152 valence electrons. The third-order valence-corrected chi connectivity index (χ3v) is 5.41. The Morgan fingerprint density at radius 2 is 1.97 bits per heavy atom. The Morgan fingerprint density at radius 3 is 2.66 bits per heavy atom. The van der Waals surface area contributed by atoms with E-state index >= 15 is 0 Å². The van der Waals surface area contributed by atoms with Crippen LogP contribution in [0.2, 0.25) is 0 Å². The number of carbonyl (C=O) groups is 1. The van der Waals surface area contributed by atoms with Gasteiger partial charge in [-0.25, -0.2) is 13.6 Å². The van der Waals surface area contributed by atoms with Crippen molar-refractivity contribution in [2.75, 3.05) is 5.32 Å². The number of amides is 1. The summed E-state index contributed by atoms with van der Waals surface area (Å²) in [4.78, 5) is 12.2. The Morgan fingerprint density at radius 1 is 1.17 bits per heavy atom. The summed E-state index contributed by atoms with van der Waals surface area (Å²) in [5, 5.41) is 8.09. The van der Waals surface area contributed by atoms with E-state index in [1.165, 1.54) is 12.1 Å². The smallest absolute Gasteiger partial charge is 0.241 e. The fourth-order valence-electron chi connectivity index (χ4n) is 3.12. The van der Waals surface area contributed by atoms with E-state index in [0.29, 0.717) is 11.4 Å². The number of rotatable bonds is 6. The standard InChI is InChI=1S/C22H24N2O4S/c1-15-5-3-7-17(11-15)13-22(25)24-18-9-10-20(21(14-18)29(23,26)27)28-19-8-4-6-16(2)12-19/h3,5,7-12,14H,4,6,13H2,1-2H3,(H,24,25)(H2,23,26,27). The fourth-order valence-corrected chi connectivity index (χ4v) is 3.80. The van der Waals surface area contributed by atoms with Crippen molar-refractivity contribution >= 4 is 21.6 Å². The van der Waals surface area contributed by atoms with Gasteiger partial charge in [-0.15, -0.1) is 0 Å². The van der Waals surface area contributed by atoms with Crippen LogP contribution >= 0.6 is 0 Å². The highest BCUT2D eigenvalue weighted by Crippen LogP contribution is 2.30. The average molecular weight is 413 g/mol. The second-order valence-electron chi connectivity index (χ2n) is 7.16. The zero-order chi connectivity index (χ0) is 21.0.